The number of hydrogen-bond acceptors (Lipinski definition) is 4. The van der Waals surface area contributed by atoms with E-state index in [1.165, 1.54) is 12.8 Å². The monoisotopic (exact) mass is 245 g/mol. The highest BCUT2D eigenvalue weighted by Crippen LogP contribution is 2.26. The maximum absolute atomic E-state index is 8.66. The molecular formula is C13H27NO3. The molecule has 0 aromatic rings. The number of hydrogen-bond donors (Lipinski definition) is 2. The summed E-state index contributed by atoms with van der Waals surface area (Å²) in [6.07, 6.45) is 5.96. The maximum atomic E-state index is 8.66. The van der Waals surface area contributed by atoms with E-state index < -0.39 is 0 Å². The molecule has 1 aliphatic carbocycles. The van der Waals surface area contributed by atoms with Crippen LogP contribution in [0, 0.1) is 0 Å². The van der Waals surface area contributed by atoms with E-state index in [9.17, 15) is 0 Å². The second kappa shape index (κ2) is 8.86. The lowest BCUT2D eigenvalue weighted by atomic mass is 9.85. The Morgan fingerprint density at radius 3 is 2.65 bits per heavy atom. The average molecular weight is 245 g/mol. The summed E-state index contributed by atoms with van der Waals surface area (Å²) in [6, 6.07) is 0.453. The fourth-order valence-corrected chi connectivity index (χ4v) is 2.35. The highest BCUT2D eigenvalue weighted by molar-refractivity contribution is 4.96. The van der Waals surface area contributed by atoms with Gasteiger partial charge in [-0.1, -0.05) is 12.8 Å². The van der Waals surface area contributed by atoms with Gasteiger partial charge in [-0.3, -0.25) is 0 Å². The summed E-state index contributed by atoms with van der Waals surface area (Å²) < 4.78 is 11.0. The molecule has 1 aliphatic rings. The van der Waals surface area contributed by atoms with Crippen LogP contribution in [0.3, 0.4) is 0 Å². The number of nitrogens with one attached hydrogen (secondary N) is 1. The highest BCUT2D eigenvalue weighted by atomic mass is 16.5. The lowest BCUT2D eigenvalue weighted by molar-refractivity contribution is -0.131. The predicted octanol–water partition coefficient (Wildman–Crippen LogP) is 1.32. The zero-order chi connectivity index (χ0) is 12.5. The van der Waals surface area contributed by atoms with Crippen LogP contribution in [0.5, 0.6) is 0 Å². The number of unbranched alkanes of at least 4 members (excludes halogenated alkanes) is 3. The normalized spacial score (nSPS) is 28.1. The van der Waals surface area contributed by atoms with E-state index in [0.29, 0.717) is 12.6 Å². The van der Waals surface area contributed by atoms with Gasteiger partial charge in [-0.15, -0.1) is 0 Å². The first-order chi connectivity index (χ1) is 8.33. The van der Waals surface area contributed by atoms with Gasteiger partial charge in [-0.2, -0.15) is 0 Å². The SMILES string of the molecule is CCOC1CC(NCCCCCCO)C1OC. The van der Waals surface area contributed by atoms with Gasteiger partial charge in [-0.25, -0.2) is 0 Å². The van der Waals surface area contributed by atoms with Gasteiger partial charge >= 0.3 is 0 Å². The van der Waals surface area contributed by atoms with Crippen LogP contribution in [-0.2, 0) is 9.47 Å². The van der Waals surface area contributed by atoms with E-state index in [-0.39, 0.29) is 12.2 Å². The molecule has 0 amide bonds. The Morgan fingerprint density at radius 2 is 2.00 bits per heavy atom. The molecule has 0 heterocycles. The molecule has 4 nitrogen and oxygen atoms in total. The Morgan fingerprint density at radius 1 is 1.24 bits per heavy atom. The third kappa shape index (κ3) is 4.92. The van der Waals surface area contributed by atoms with Crippen LogP contribution in [0.15, 0.2) is 0 Å². The third-order valence-corrected chi connectivity index (χ3v) is 3.39. The first-order valence-electron chi connectivity index (χ1n) is 6.82. The van der Waals surface area contributed by atoms with Crippen LogP contribution >= 0.6 is 0 Å². The highest BCUT2D eigenvalue weighted by Gasteiger charge is 2.41. The van der Waals surface area contributed by atoms with Gasteiger partial charge in [0.25, 0.3) is 0 Å². The number of aliphatic hydroxyl groups excluding tert-OH is 1. The number of methoxy groups -OCH3 is 1. The molecule has 1 saturated carbocycles. The summed E-state index contributed by atoms with van der Waals surface area (Å²) in [4.78, 5) is 0. The first-order valence-corrected chi connectivity index (χ1v) is 6.82. The van der Waals surface area contributed by atoms with Crippen molar-refractivity contribution in [3.05, 3.63) is 0 Å². The molecule has 0 saturated heterocycles. The van der Waals surface area contributed by atoms with Crippen molar-refractivity contribution in [3.63, 3.8) is 0 Å². The maximum Gasteiger partial charge on any atom is 0.0986 e. The fourth-order valence-electron chi connectivity index (χ4n) is 2.35. The smallest absolute Gasteiger partial charge is 0.0986 e. The minimum atomic E-state index is 0.215. The van der Waals surface area contributed by atoms with E-state index in [4.69, 9.17) is 14.6 Å². The van der Waals surface area contributed by atoms with Gasteiger partial charge < -0.3 is 19.9 Å². The van der Waals surface area contributed by atoms with Crippen LogP contribution in [0.2, 0.25) is 0 Å². The molecule has 102 valence electrons. The van der Waals surface area contributed by atoms with Gasteiger partial charge in [0.15, 0.2) is 0 Å². The molecule has 0 radical (unpaired) electrons. The molecule has 3 atom stereocenters. The second-order valence-corrected chi connectivity index (χ2v) is 4.63. The summed E-state index contributed by atoms with van der Waals surface area (Å²) in [5, 5.41) is 12.2. The zero-order valence-corrected chi connectivity index (χ0v) is 11.2. The molecular weight excluding hydrogens is 218 g/mol. The summed E-state index contributed by atoms with van der Waals surface area (Å²) in [5.41, 5.74) is 0. The Hall–Kier alpha value is -0.160. The van der Waals surface area contributed by atoms with Gasteiger partial charge in [0, 0.05) is 26.4 Å². The summed E-state index contributed by atoms with van der Waals surface area (Å²) in [6.45, 7) is 4.14. The van der Waals surface area contributed by atoms with Crippen LogP contribution in [0.1, 0.15) is 39.0 Å². The predicted molar refractivity (Wildman–Crippen MR) is 68.2 cm³/mol. The van der Waals surface area contributed by atoms with Crippen molar-refractivity contribution in [1.82, 2.24) is 5.32 Å². The van der Waals surface area contributed by atoms with Crippen LogP contribution < -0.4 is 5.32 Å². The van der Waals surface area contributed by atoms with E-state index in [1.807, 2.05) is 6.92 Å². The van der Waals surface area contributed by atoms with Crippen molar-refractivity contribution in [2.45, 2.75) is 57.3 Å². The largest absolute Gasteiger partial charge is 0.396 e. The third-order valence-electron chi connectivity index (χ3n) is 3.39. The summed E-state index contributed by atoms with van der Waals surface area (Å²) >= 11 is 0. The van der Waals surface area contributed by atoms with Gasteiger partial charge in [0.2, 0.25) is 0 Å². The number of rotatable bonds is 10. The molecule has 0 bridgehead atoms. The van der Waals surface area contributed by atoms with Gasteiger partial charge in [0.1, 0.15) is 0 Å². The fraction of sp³-hybridized carbons (Fsp3) is 1.00. The molecule has 0 aromatic carbocycles. The molecule has 0 aromatic heterocycles. The minimum absolute atomic E-state index is 0.215. The van der Waals surface area contributed by atoms with Crippen LogP contribution in [-0.4, -0.2) is 50.2 Å². The average Bonchev–Trinajstić information content (AvgIpc) is 2.31. The molecule has 17 heavy (non-hydrogen) atoms. The zero-order valence-electron chi connectivity index (χ0n) is 11.2. The number of ether oxygens (including phenoxy) is 2. The molecule has 0 aliphatic heterocycles. The topological polar surface area (TPSA) is 50.7 Å². The Kier molecular flexibility index (Phi) is 7.77. The molecule has 4 heteroatoms. The molecule has 2 N–H and O–H groups in total. The lowest BCUT2D eigenvalue weighted by Gasteiger charge is -2.43. The number of aliphatic hydroxyl groups is 1. The van der Waals surface area contributed by atoms with E-state index in [1.54, 1.807) is 7.11 Å². The van der Waals surface area contributed by atoms with Gasteiger partial charge in [0.05, 0.1) is 12.2 Å². The standard InChI is InChI=1S/C13H27NO3/c1-3-17-12-10-11(13(12)16-2)14-8-6-4-5-7-9-15/h11-15H,3-10H2,1-2H3. The van der Waals surface area contributed by atoms with Crippen molar-refractivity contribution in [2.75, 3.05) is 26.9 Å². The quantitative estimate of drug-likeness (QED) is 0.570. The van der Waals surface area contributed by atoms with Crippen LogP contribution in [0.4, 0.5) is 0 Å². The Balaban J connectivity index is 2.00. The molecule has 1 fully saturated rings. The van der Waals surface area contributed by atoms with E-state index in [0.717, 1.165) is 32.4 Å². The second-order valence-electron chi connectivity index (χ2n) is 4.63. The molecule has 1 rings (SSSR count). The molecule has 0 spiro atoms. The lowest BCUT2D eigenvalue weighted by Crippen LogP contribution is -2.59. The van der Waals surface area contributed by atoms with Gasteiger partial charge in [-0.05, 0) is 32.7 Å². The van der Waals surface area contributed by atoms with Crippen molar-refractivity contribution in [2.24, 2.45) is 0 Å². The van der Waals surface area contributed by atoms with E-state index in [2.05, 4.69) is 5.32 Å². The van der Waals surface area contributed by atoms with E-state index >= 15 is 0 Å². The van der Waals surface area contributed by atoms with Crippen molar-refractivity contribution < 1.29 is 14.6 Å². The first kappa shape index (κ1) is 14.9. The van der Waals surface area contributed by atoms with Crippen LogP contribution in [0.25, 0.3) is 0 Å². The van der Waals surface area contributed by atoms with Crippen molar-refractivity contribution >= 4 is 0 Å². The van der Waals surface area contributed by atoms with Crippen molar-refractivity contribution in [1.29, 1.82) is 0 Å². The Labute approximate surface area is 105 Å². The van der Waals surface area contributed by atoms with Crippen molar-refractivity contribution in [3.8, 4) is 0 Å². The summed E-state index contributed by atoms with van der Waals surface area (Å²) in [5.74, 6) is 0. The minimum Gasteiger partial charge on any atom is -0.396 e. The Bertz CT molecular complexity index is 190. The molecule has 3 unspecified atom stereocenters. The summed E-state index contributed by atoms with van der Waals surface area (Å²) in [7, 11) is 1.76.